The fraction of sp³-hybridized carbons (Fsp3) is 1.00. The summed E-state index contributed by atoms with van der Waals surface area (Å²) in [6.07, 6.45) is 5.17. The molecule has 0 aromatic heterocycles. The summed E-state index contributed by atoms with van der Waals surface area (Å²) < 4.78 is 5.48. The minimum absolute atomic E-state index is 0.172. The third kappa shape index (κ3) is 3.41. The average molecular weight is 214 g/mol. The molecule has 2 aliphatic rings. The Bertz CT molecular complexity index is 185. The summed E-state index contributed by atoms with van der Waals surface area (Å²) in [6, 6.07) is 0. The van der Waals surface area contributed by atoms with Crippen molar-refractivity contribution >= 4 is 0 Å². The number of rotatable bonds is 3. The van der Waals surface area contributed by atoms with Gasteiger partial charge in [0, 0.05) is 13.2 Å². The van der Waals surface area contributed by atoms with Crippen LogP contribution in [0, 0.1) is 0 Å². The van der Waals surface area contributed by atoms with Gasteiger partial charge < -0.3 is 15.2 Å². The molecule has 3 N–H and O–H groups in total. The van der Waals surface area contributed by atoms with Gasteiger partial charge in [-0.3, -0.25) is 5.32 Å². The molecule has 0 aromatic carbocycles. The van der Waals surface area contributed by atoms with Crippen LogP contribution >= 0.6 is 0 Å². The predicted molar refractivity (Wildman–Crippen MR) is 58.6 cm³/mol. The third-order valence-electron chi connectivity index (χ3n) is 3.35. The average Bonchev–Trinajstić information content (AvgIpc) is 2.65. The molecule has 2 saturated heterocycles. The van der Waals surface area contributed by atoms with Crippen LogP contribution in [0.25, 0.3) is 0 Å². The minimum atomic E-state index is -0.532. The molecule has 0 amide bonds. The highest BCUT2D eigenvalue weighted by molar-refractivity contribution is 4.85. The highest BCUT2D eigenvalue weighted by Gasteiger charge is 2.29. The molecular formula is C11H22N2O2. The Labute approximate surface area is 91.4 Å². The first-order valence-corrected chi connectivity index (χ1v) is 6.07. The fourth-order valence-corrected chi connectivity index (χ4v) is 2.33. The molecule has 2 heterocycles. The maximum atomic E-state index is 10.4. The Morgan fingerprint density at radius 1 is 1.33 bits per heavy atom. The van der Waals surface area contributed by atoms with Gasteiger partial charge in [-0.1, -0.05) is 0 Å². The summed E-state index contributed by atoms with van der Waals surface area (Å²) >= 11 is 0. The van der Waals surface area contributed by atoms with E-state index in [1.54, 1.807) is 0 Å². The van der Waals surface area contributed by atoms with Crippen LogP contribution in [0.3, 0.4) is 0 Å². The molecule has 4 heteroatoms. The maximum absolute atomic E-state index is 10.4. The molecule has 2 atom stereocenters. The summed E-state index contributed by atoms with van der Waals surface area (Å²) in [7, 11) is 0. The third-order valence-corrected chi connectivity index (χ3v) is 3.35. The molecule has 0 saturated carbocycles. The van der Waals surface area contributed by atoms with Gasteiger partial charge in [-0.25, -0.2) is 0 Å². The van der Waals surface area contributed by atoms with E-state index in [9.17, 15) is 5.11 Å². The number of hydrogen-bond acceptors (Lipinski definition) is 4. The first-order valence-electron chi connectivity index (χ1n) is 6.07. The van der Waals surface area contributed by atoms with Crippen LogP contribution in [0.15, 0.2) is 0 Å². The topological polar surface area (TPSA) is 53.5 Å². The van der Waals surface area contributed by atoms with Crippen LogP contribution in [0.4, 0.5) is 0 Å². The van der Waals surface area contributed by atoms with Crippen molar-refractivity contribution in [1.82, 2.24) is 10.6 Å². The van der Waals surface area contributed by atoms with Gasteiger partial charge in [0.15, 0.2) is 0 Å². The van der Waals surface area contributed by atoms with Crippen molar-refractivity contribution < 1.29 is 9.84 Å². The van der Waals surface area contributed by atoms with Gasteiger partial charge in [0.2, 0.25) is 0 Å². The van der Waals surface area contributed by atoms with E-state index < -0.39 is 5.60 Å². The van der Waals surface area contributed by atoms with Gasteiger partial charge in [0.05, 0.1) is 5.60 Å². The Morgan fingerprint density at radius 2 is 2.27 bits per heavy atom. The highest BCUT2D eigenvalue weighted by atomic mass is 16.5. The highest BCUT2D eigenvalue weighted by Crippen LogP contribution is 2.19. The number of ether oxygens (including phenoxy) is 1. The molecule has 2 fully saturated rings. The fourth-order valence-electron chi connectivity index (χ4n) is 2.33. The van der Waals surface area contributed by atoms with Crippen LogP contribution in [0.1, 0.15) is 32.1 Å². The van der Waals surface area contributed by atoms with E-state index in [2.05, 4.69) is 10.6 Å². The SMILES string of the molecule is OC1(CNC2CCCO2)CCCNCC1. The molecule has 2 rings (SSSR count). The summed E-state index contributed by atoms with van der Waals surface area (Å²) in [5.74, 6) is 0. The van der Waals surface area contributed by atoms with Gasteiger partial charge in [-0.15, -0.1) is 0 Å². The molecule has 4 nitrogen and oxygen atoms in total. The van der Waals surface area contributed by atoms with Crippen molar-refractivity contribution in [3.63, 3.8) is 0 Å². The lowest BCUT2D eigenvalue weighted by Crippen LogP contribution is -2.44. The number of aliphatic hydroxyl groups is 1. The van der Waals surface area contributed by atoms with E-state index in [-0.39, 0.29) is 6.23 Å². The second kappa shape index (κ2) is 5.25. The van der Waals surface area contributed by atoms with Crippen LogP contribution < -0.4 is 10.6 Å². The Kier molecular flexibility index (Phi) is 3.97. The minimum Gasteiger partial charge on any atom is -0.389 e. The van der Waals surface area contributed by atoms with Crippen molar-refractivity contribution in [3.05, 3.63) is 0 Å². The van der Waals surface area contributed by atoms with Crippen LogP contribution in [-0.2, 0) is 4.74 Å². The quantitative estimate of drug-likeness (QED) is 0.629. The zero-order chi connectivity index (χ0) is 10.6. The molecule has 2 aliphatic heterocycles. The molecule has 0 spiro atoms. The van der Waals surface area contributed by atoms with Crippen molar-refractivity contribution in [1.29, 1.82) is 0 Å². The maximum Gasteiger partial charge on any atom is 0.108 e. The predicted octanol–water partition coefficient (Wildman–Crippen LogP) is 0.217. The van der Waals surface area contributed by atoms with Crippen LogP contribution in [0.5, 0.6) is 0 Å². The van der Waals surface area contributed by atoms with Crippen molar-refractivity contribution in [3.8, 4) is 0 Å². The molecule has 0 bridgehead atoms. The van der Waals surface area contributed by atoms with Gasteiger partial charge in [-0.2, -0.15) is 0 Å². The molecule has 88 valence electrons. The summed E-state index contributed by atoms with van der Waals surface area (Å²) in [4.78, 5) is 0. The molecular weight excluding hydrogens is 192 g/mol. The Hall–Kier alpha value is -0.160. The zero-order valence-electron chi connectivity index (χ0n) is 9.30. The number of nitrogens with one attached hydrogen (secondary N) is 2. The summed E-state index contributed by atoms with van der Waals surface area (Å²) in [5.41, 5.74) is -0.532. The second-order valence-corrected chi connectivity index (χ2v) is 4.71. The lowest BCUT2D eigenvalue weighted by atomic mass is 9.95. The van der Waals surface area contributed by atoms with E-state index in [0.29, 0.717) is 6.54 Å². The van der Waals surface area contributed by atoms with Crippen molar-refractivity contribution in [2.45, 2.75) is 43.9 Å². The van der Waals surface area contributed by atoms with E-state index in [1.807, 2.05) is 0 Å². The molecule has 2 unspecified atom stereocenters. The second-order valence-electron chi connectivity index (χ2n) is 4.71. The lowest BCUT2D eigenvalue weighted by Gasteiger charge is -2.28. The first-order chi connectivity index (χ1) is 7.29. The van der Waals surface area contributed by atoms with E-state index >= 15 is 0 Å². The molecule has 15 heavy (non-hydrogen) atoms. The first kappa shape index (κ1) is 11.3. The van der Waals surface area contributed by atoms with E-state index in [4.69, 9.17) is 4.74 Å². The standard InChI is InChI=1S/C11H22N2O2/c14-11(4-2-6-12-7-5-11)9-13-10-3-1-8-15-10/h10,12-14H,1-9H2. The van der Waals surface area contributed by atoms with Gasteiger partial charge in [-0.05, 0) is 45.2 Å². The van der Waals surface area contributed by atoms with E-state index in [0.717, 1.165) is 51.8 Å². The summed E-state index contributed by atoms with van der Waals surface area (Å²) in [5, 5.41) is 17.0. The Balaban J connectivity index is 1.75. The monoisotopic (exact) mass is 214 g/mol. The normalized spacial score (nSPS) is 37.8. The summed E-state index contributed by atoms with van der Waals surface area (Å²) in [6.45, 7) is 3.48. The van der Waals surface area contributed by atoms with Gasteiger partial charge in [0.25, 0.3) is 0 Å². The van der Waals surface area contributed by atoms with E-state index in [1.165, 1.54) is 0 Å². The van der Waals surface area contributed by atoms with Crippen LogP contribution in [-0.4, -0.2) is 43.2 Å². The van der Waals surface area contributed by atoms with Crippen molar-refractivity contribution in [2.75, 3.05) is 26.2 Å². The molecule has 0 aliphatic carbocycles. The molecule has 0 radical (unpaired) electrons. The lowest BCUT2D eigenvalue weighted by molar-refractivity contribution is 0.00372. The smallest absolute Gasteiger partial charge is 0.108 e. The number of hydrogen-bond donors (Lipinski definition) is 3. The van der Waals surface area contributed by atoms with Gasteiger partial charge >= 0.3 is 0 Å². The zero-order valence-corrected chi connectivity index (χ0v) is 9.30. The largest absolute Gasteiger partial charge is 0.389 e. The Morgan fingerprint density at radius 3 is 3.07 bits per heavy atom. The van der Waals surface area contributed by atoms with Crippen molar-refractivity contribution in [2.24, 2.45) is 0 Å². The van der Waals surface area contributed by atoms with Gasteiger partial charge in [0.1, 0.15) is 6.23 Å². The molecule has 0 aromatic rings. The van der Waals surface area contributed by atoms with Crippen LogP contribution in [0.2, 0.25) is 0 Å².